The summed E-state index contributed by atoms with van der Waals surface area (Å²) in [7, 11) is 12.5. The Labute approximate surface area is 521 Å². The highest BCUT2D eigenvalue weighted by molar-refractivity contribution is 5.91. The summed E-state index contributed by atoms with van der Waals surface area (Å²) >= 11 is 0. The van der Waals surface area contributed by atoms with Crippen molar-refractivity contribution in [3.63, 3.8) is 0 Å². The van der Waals surface area contributed by atoms with Gasteiger partial charge in [0.25, 0.3) is 0 Å². The topological polar surface area (TPSA) is 181 Å². The molecule has 0 N–H and O–H groups in total. The molecule has 15 heterocycles. The van der Waals surface area contributed by atoms with Gasteiger partial charge in [0, 0.05) is 67.1 Å². The van der Waals surface area contributed by atoms with Crippen LogP contribution in [0.15, 0.2) is 123 Å². The van der Waals surface area contributed by atoms with Gasteiger partial charge < -0.3 is 58.8 Å². The number of nitrogens with zero attached hydrogens (tertiary/aromatic N) is 23. The Bertz CT molecular complexity index is 3760. The van der Waals surface area contributed by atoms with Crippen molar-refractivity contribution < 1.29 is 0 Å². The normalized spacial score (nSPS) is 20.1. The standard InChI is InChI=1S/C22H27N9.2C22H25N7/c1-12-17(30-15(4)28(6)21-19(30)10-24-13(2)26-21)8-23-9-18(12)31-16(5)29(7)22-20(31)11-25-14(3)27-22;1-14-19(28-15(2)26(4)21-12-23-8-6-17(21)28)10-25-11-20(14)29-16(3)27(5)22-13-24-9-7-18(22)29;1-14-19(28-15(2)26(4)21-17(28)8-6-10-24-21)12-23-13-20(14)29-16(3)27(5)22-18(29)9-7-11-25-22/h8-11,15-16H,1-7H3;2*6-13,15-16H,1-5H3/t3*15-,16+. The van der Waals surface area contributed by atoms with Gasteiger partial charge in [-0.3, -0.25) is 24.9 Å². The Hall–Kier alpha value is -10.2. The third-order valence-corrected chi connectivity index (χ3v) is 19.1. The second kappa shape index (κ2) is 22.2. The van der Waals surface area contributed by atoms with E-state index in [2.05, 4.69) is 242 Å². The molecule has 23 nitrogen and oxygen atoms in total. The van der Waals surface area contributed by atoms with Gasteiger partial charge in [0.15, 0.2) is 23.3 Å². The molecule has 15 rings (SSSR count). The van der Waals surface area contributed by atoms with Gasteiger partial charge in [-0.2, -0.15) is 0 Å². The van der Waals surface area contributed by atoms with Gasteiger partial charge in [0.05, 0.1) is 130 Å². The minimum atomic E-state index is 0.0961. The molecule has 6 aliphatic heterocycles. The van der Waals surface area contributed by atoms with Crippen molar-refractivity contribution in [2.75, 3.05) is 101 Å². The summed E-state index contributed by atoms with van der Waals surface area (Å²) in [6, 6.07) is 12.4. The van der Waals surface area contributed by atoms with E-state index < -0.39 is 0 Å². The van der Waals surface area contributed by atoms with Gasteiger partial charge in [-0.15, -0.1) is 0 Å². The zero-order valence-electron chi connectivity index (χ0n) is 53.8. The van der Waals surface area contributed by atoms with Crippen LogP contribution in [0.4, 0.5) is 103 Å². The SMILES string of the molecule is Cc1c(N2c3cccnc3N(C)[C@H]2C)cncc1N1c2cccnc2N(C)[C@@H]1C.Cc1c(N2c3ccncc3N(C)[C@H]2C)cncc1N1c2ccncc2N(C)[C@@H]1C.Cc1ncc2c(n1)N(C)[C@@H](C)N2c1cncc(N2c3cnc(C)nc3N(C)[C@@H]2C)c1C. The molecule has 0 unspecified atom stereocenters. The van der Waals surface area contributed by atoms with E-state index in [1.165, 1.54) is 11.1 Å². The molecule has 0 aliphatic carbocycles. The number of fused-ring (bicyclic) bond motifs is 6. The van der Waals surface area contributed by atoms with Gasteiger partial charge in [-0.05, 0) is 129 Å². The van der Waals surface area contributed by atoms with Crippen LogP contribution in [0.3, 0.4) is 0 Å². The monoisotopic (exact) mass is 1190 g/mol. The van der Waals surface area contributed by atoms with Crippen molar-refractivity contribution in [1.82, 2.24) is 54.8 Å². The lowest BCUT2D eigenvalue weighted by atomic mass is 10.1. The van der Waals surface area contributed by atoms with Gasteiger partial charge in [-0.1, -0.05) is 0 Å². The highest BCUT2D eigenvalue weighted by Crippen LogP contribution is 2.52. The molecule has 6 atom stereocenters. The number of aromatic nitrogens is 11. The van der Waals surface area contributed by atoms with E-state index in [0.717, 1.165) is 120 Å². The molecule has 89 heavy (non-hydrogen) atoms. The average molecular weight is 1190 g/mol. The first-order chi connectivity index (χ1) is 42.8. The molecule has 6 aliphatic rings. The predicted molar refractivity (Wildman–Crippen MR) is 357 cm³/mol. The molecule has 0 fully saturated rings. The highest BCUT2D eigenvalue weighted by atomic mass is 15.5. The maximum absolute atomic E-state index is 4.67. The molecule has 0 saturated heterocycles. The van der Waals surface area contributed by atoms with Crippen LogP contribution in [-0.4, -0.2) is 134 Å². The quantitative estimate of drug-likeness (QED) is 0.153. The second-order valence-electron chi connectivity index (χ2n) is 23.8. The largest absolute Gasteiger partial charge is 0.351 e. The maximum atomic E-state index is 4.67. The molecule has 0 saturated carbocycles. The first kappa shape index (κ1) is 57.9. The Balaban J connectivity index is 0.000000123. The molecule has 9 aromatic rings. The third kappa shape index (κ3) is 9.09. The summed E-state index contributed by atoms with van der Waals surface area (Å²) < 4.78 is 0. The smallest absolute Gasteiger partial charge is 0.157 e. The van der Waals surface area contributed by atoms with Crippen LogP contribution in [0.5, 0.6) is 0 Å². The van der Waals surface area contributed by atoms with Crippen LogP contribution in [-0.2, 0) is 0 Å². The Morgan fingerprint density at radius 2 is 0.539 bits per heavy atom. The molecule has 0 radical (unpaired) electrons. The lowest BCUT2D eigenvalue weighted by Gasteiger charge is -2.32. The summed E-state index contributed by atoms with van der Waals surface area (Å²) in [5.41, 5.74) is 18.8. The first-order valence-electron chi connectivity index (χ1n) is 30.2. The first-order valence-corrected chi connectivity index (χ1v) is 30.2. The van der Waals surface area contributed by atoms with Crippen molar-refractivity contribution in [3.05, 3.63) is 151 Å². The molecule has 23 heteroatoms. The summed E-state index contributed by atoms with van der Waals surface area (Å²) in [5, 5.41) is 0. The van der Waals surface area contributed by atoms with Gasteiger partial charge in [0.1, 0.15) is 60.0 Å². The summed E-state index contributed by atoms with van der Waals surface area (Å²) in [6.45, 7) is 23.5. The predicted octanol–water partition coefficient (Wildman–Crippen LogP) is 11.6. The molecule has 9 aromatic heterocycles. The van der Waals surface area contributed by atoms with E-state index in [9.17, 15) is 0 Å². The summed E-state index contributed by atoms with van der Waals surface area (Å²) in [5.74, 6) is 5.40. The highest BCUT2D eigenvalue weighted by Gasteiger charge is 2.41. The Morgan fingerprint density at radius 3 is 0.876 bits per heavy atom. The van der Waals surface area contributed by atoms with Crippen molar-refractivity contribution >= 4 is 103 Å². The molecule has 0 bridgehead atoms. The minimum absolute atomic E-state index is 0.0961. The zero-order valence-corrected chi connectivity index (χ0v) is 53.8. The Kier molecular flexibility index (Phi) is 14.4. The van der Waals surface area contributed by atoms with Crippen LogP contribution in [0.25, 0.3) is 0 Å². The van der Waals surface area contributed by atoms with E-state index in [-0.39, 0.29) is 37.0 Å². The van der Waals surface area contributed by atoms with Crippen LogP contribution in [0.2, 0.25) is 0 Å². The van der Waals surface area contributed by atoms with E-state index in [1.54, 1.807) is 0 Å². The van der Waals surface area contributed by atoms with Gasteiger partial charge in [-0.25, -0.2) is 29.9 Å². The lowest BCUT2D eigenvalue weighted by Crippen LogP contribution is -2.37. The maximum Gasteiger partial charge on any atom is 0.157 e. The van der Waals surface area contributed by atoms with Crippen LogP contribution < -0.4 is 58.8 Å². The molecular weight excluding hydrogens is 1110 g/mol. The fraction of sp³-hybridized carbons (Fsp3) is 0.348. The second-order valence-corrected chi connectivity index (χ2v) is 23.8. The summed E-state index contributed by atoms with van der Waals surface area (Å²) in [4.78, 5) is 77.1. The molecular formula is C66H77N23. The third-order valence-electron chi connectivity index (χ3n) is 19.1. The van der Waals surface area contributed by atoms with Gasteiger partial charge >= 0.3 is 0 Å². The van der Waals surface area contributed by atoms with Crippen LogP contribution in [0.1, 0.15) is 69.9 Å². The van der Waals surface area contributed by atoms with Crippen molar-refractivity contribution in [3.8, 4) is 0 Å². The molecule has 456 valence electrons. The van der Waals surface area contributed by atoms with Gasteiger partial charge in [0.2, 0.25) is 0 Å². The summed E-state index contributed by atoms with van der Waals surface area (Å²) in [6.07, 6.45) is 27.6. The van der Waals surface area contributed by atoms with Crippen molar-refractivity contribution in [2.24, 2.45) is 0 Å². The number of hydrogen-bond donors (Lipinski definition) is 0. The number of rotatable bonds is 6. The zero-order chi connectivity index (χ0) is 62.6. The van der Waals surface area contributed by atoms with Crippen LogP contribution >= 0.6 is 0 Å². The molecule has 0 aromatic carbocycles. The number of hydrogen-bond acceptors (Lipinski definition) is 23. The van der Waals surface area contributed by atoms with Crippen LogP contribution in [0, 0.1) is 34.6 Å². The fourth-order valence-electron chi connectivity index (χ4n) is 13.5. The lowest BCUT2D eigenvalue weighted by molar-refractivity contribution is 0.718. The molecule has 0 amide bonds. The number of anilines is 18. The van der Waals surface area contributed by atoms with Crippen molar-refractivity contribution in [1.29, 1.82) is 0 Å². The van der Waals surface area contributed by atoms with E-state index in [1.807, 2.05) is 113 Å². The molecule has 0 spiro atoms. The minimum Gasteiger partial charge on any atom is -0.351 e. The Morgan fingerprint density at radius 1 is 0.258 bits per heavy atom. The van der Waals surface area contributed by atoms with E-state index >= 15 is 0 Å². The van der Waals surface area contributed by atoms with E-state index in [4.69, 9.17) is 0 Å². The van der Waals surface area contributed by atoms with Crippen molar-refractivity contribution in [2.45, 2.75) is 113 Å². The fourth-order valence-corrected chi connectivity index (χ4v) is 13.5. The average Bonchev–Trinajstić information content (AvgIpc) is 1.66. The number of pyridine rings is 7. The number of aryl methyl sites for hydroxylation is 2. The van der Waals surface area contributed by atoms with E-state index in [0.29, 0.717) is 0 Å².